The third-order valence-corrected chi connectivity index (χ3v) is 4.30. The first kappa shape index (κ1) is 19.1. The van der Waals surface area contributed by atoms with Gasteiger partial charge in [-0.3, -0.25) is 5.43 Å². The molecule has 2 aromatic carbocycles. The SMILES string of the molecule is C=CCOc1ccc(/C=N/Nc2ncnc3c2cnn3-c2cccc(OC)c2)cc1. The number of benzene rings is 2. The van der Waals surface area contributed by atoms with Crippen LogP contribution in [-0.4, -0.2) is 39.7 Å². The summed E-state index contributed by atoms with van der Waals surface area (Å²) in [6.07, 6.45) is 6.60. The lowest BCUT2D eigenvalue weighted by Crippen LogP contribution is -2.00. The number of fused-ring (bicyclic) bond motifs is 1. The van der Waals surface area contributed by atoms with Crippen molar-refractivity contribution in [3.63, 3.8) is 0 Å². The number of nitrogens with zero attached hydrogens (tertiary/aromatic N) is 5. The Hall–Kier alpha value is -4.20. The average Bonchev–Trinajstić information content (AvgIpc) is 3.24. The van der Waals surface area contributed by atoms with Gasteiger partial charge in [-0.05, 0) is 42.0 Å². The molecule has 0 saturated carbocycles. The van der Waals surface area contributed by atoms with Crippen molar-refractivity contribution in [2.24, 2.45) is 5.10 Å². The minimum atomic E-state index is 0.474. The zero-order chi connectivity index (χ0) is 20.8. The van der Waals surface area contributed by atoms with Gasteiger partial charge in [-0.1, -0.05) is 18.7 Å². The van der Waals surface area contributed by atoms with Crippen molar-refractivity contribution < 1.29 is 9.47 Å². The van der Waals surface area contributed by atoms with Crippen molar-refractivity contribution in [3.8, 4) is 17.2 Å². The first-order valence-electron chi connectivity index (χ1n) is 9.24. The van der Waals surface area contributed by atoms with Crippen molar-refractivity contribution in [2.45, 2.75) is 0 Å². The van der Waals surface area contributed by atoms with Gasteiger partial charge < -0.3 is 9.47 Å². The highest BCUT2D eigenvalue weighted by Crippen LogP contribution is 2.23. The van der Waals surface area contributed by atoms with E-state index in [0.29, 0.717) is 18.1 Å². The molecule has 2 aromatic heterocycles. The Morgan fingerprint density at radius 1 is 1.13 bits per heavy atom. The summed E-state index contributed by atoms with van der Waals surface area (Å²) in [5, 5.41) is 9.49. The van der Waals surface area contributed by atoms with Crippen LogP contribution in [0.3, 0.4) is 0 Å². The summed E-state index contributed by atoms with van der Waals surface area (Å²) < 4.78 is 12.5. The van der Waals surface area contributed by atoms with Gasteiger partial charge in [0.15, 0.2) is 11.5 Å². The molecule has 4 aromatic rings. The van der Waals surface area contributed by atoms with Gasteiger partial charge in [0, 0.05) is 6.07 Å². The number of hydrogen-bond acceptors (Lipinski definition) is 7. The van der Waals surface area contributed by atoms with Crippen LogP contribution in [0.2, 0.25) is 0 Å². The molecule has 4 rings (SSSR count). The van der Waals surface area contributed by atoms with E-state index in [1.807, 2.05) is 48.5 Å². The van der Waals surface area contributed by atoms with Crippen LogP contribution >= 0.6 is 0 Å². The summed E-state index contributed by atoms with van der Waals surface area (Å²) in [5.74, 6) is 2.09. The number of anilines is 1. The van der Waals surface area contributed by atoms with E-state index in [1.165, 1.54) is 6.33 Å². The largest absolute Gasteiger partial charge is 0.497 e. The van der Waals surface area contributed by atoms with Crippen LogP contribution in [-0.2, 0) is 0 Å². The van der Waals surface area contributed by atoms with Crippen molar-refractivity contribution in [2.75, 3.05) is 19.1 Å². The quantitative estimate of drug-likeness (QED) is 0.275. The van der Waals surface area contributed by atoms with Crippen LogP contribution in [0, 0.1) is 0 Å². The normalized spacial score (nSPS) is 11.0. The van der Waals surface area contributed by atoms with Crippen LogP contribution in [0.25, 0.3) is 16.7 Å². The molecule has 0 spiro atoms. The Bertz CT molecular complexity index is 1180. The molecule has 0 radical (unpaired) electrons. The van der Waals surface area contributed by atoms with Crippen molar-refractivity contribution in [1.29, 1.82) is 0 Å². The Kier molecular flexibility index (Phi) is 5.66. The summed E-state index contributed by atoms with van der Waals surface area (Å²) in [5.41, 5.74) is 5.40. The lowest BCUT2D eigenvalue weighted by atomic mass is 10.2. The fraction of sp³-hybridized carbons (Fsp3) is 0.0909. The number of nitrogens with one attached hydrogen (secondary N) is 1. The maximum absolute atomic E-state index is 5.47. The second-order valence-corrected chi connectivity index (χ2v) is 6.26. The molecule has 0 unspecified atom stereocenters. The number of rotatable bonds is 8. The smallest absolute Gasteiger partial charge is 0.168 e. The molecule has 30 heavy (non-hydrogen) atoms. The molecule has 0 bridgehead atoms. The van der Waals surface area contributed by atoms with Gasteiger partial charge in [0.05, 0.1) is 30.6 Å². The molecule has 2 heterocycles. The molecular weight excluding hydrogens is 380 g/mol. The van der Waals surface area contributed by atoms with Gasteiger partial charge >= 0.3 is 0 Å². The first-order valence-corrected chi connectivity index (χ1v) is 9.24. The number of ether oxygens (including phenoxy) is 2. The Morgan fingerprint density at radius 3 is 2.80 bits per heavy atom. The summed E-state index contributed by atoms with van der Waals surface area (Å²) in [6.45, 7) is 4.11. The second kappa shape index (κ2) is 8.87. The Morgan fingerprint density at radius 2 is 2.00 bits per heavy atom. The van der Waals surface area contributed by atoms with Gasteiger partial charge in [0.2, 0.25) is 0 Å². The molecule has 0 fully saturated rings. The highest BCUT2D eigenvalue weighted by molar-refractivity contribution is 5.88. The zero-order valence-corrected chi connectivity index (χ0v) is 16.4. The lowest BCUT2D eigenvalue weighted by Gasteiger charge is -2.06. The van der Waals surface area contributed by atoms with Crippen LogP contribution in [0.15, 0.2) is 78.8 Å². The minimum Gasteiger partial charge on any atom is -0.497 e. The van der Waals surface area contributed by atoms with E-state index in [-0.39, 0.29) is 0 Å². The third-order valence-electron chi connectivity index (χ3n) is 4.30. The molecule has 8 heteroatoms. The lowest BCUT2D eigenvalue weighted by molar-refractivity contribution is 0.363. The third kappa shape index (κ3) is 4.12. The topological polar surface area (TPSA) is 86.5 Å². The van der Waals surface area contributed by atoms with Crippen LogP contribution in [0.4, 0.5) is 5.82 Å². The van der Waals surface area contributed by atoms with E-state index in [9.17, 15) is 0 Å². The summed E-state index contributed by atoms with van der Waals surface area (Å²) in [4.78, 5) is 8.65. The van der Waals surface area contributed by atoms with E-state index in [4.69, 9.17) is 9.47 Å². The molecular formula is C22H20N6O2. The van der Waals surface area contributed by atoms with E-state index in [0.717, 1.165) is 28.1 Å². The maximum atomic E-state index is 5.47. The number of hydrazone groups is 1. The molecule has 0 saturated heterocycles. The molecule has 0 atom stereocenters. The Labute approximate surface area is 173 Å². The molecule has 0 amide bonds. The van der Waals surface area contributed by atoms with Crippen molar-refractivity contribution >= 4 is 23.1 Å². The molecule has 0 aliphatic carbocycles. The van der Waals surface area contributed by atoms with Crippen LogP contribution in [0.1, 0.15) is 5.56 Å². The highest BCUT2D eigenvalue weighted by atomic mass is 16.5. The summed E-state index contributed by atoms with van der Waals surface area (Å²) >= 11 is 0. The van der Waals surface area contributed by atoms with Gasteiger partial charge in [-0.2, -0.15) is 10.2 Å². The van der Waals surface area contributed by atoms with Gasteiger partial charge in [-0.15, -0.1) is 0 Å². The molecule has 150 valence electrons. The van der Waals surface area contributed by atoms with Crippen LogP contribution < -0.4 is 14.9 Å². The predicted octanol–water partition coefficient (Wildman–Crippen LogP) is 3.83. The summed E-state index contributed by atoms with van der Waals surface area (Å²) in [6, 6.07) is 15.2. The standard InChI is InChI=1S/C22H20N6O2/c1-3-11-30-18-9-7-16(8-10-18)13-25-27-21-20-14-26-28(22(20)24-15-23-21)17-5-4-6-19(12-17)29-2/h3-10,12-15H,1,11H2,2H3,(H,23,24,27)/b25-13+. The van der Waals surface area contributed by atoms with Gasteiger partial charge in [-0.25, -0.2) is 14.6 Å². The van der Waals surface area contributed by atoms with E-state index >= 15 is 0 Å². The van der Waals surface area contributed by atoms with Crippen molar-refractivity contribution in [1.82, 2.24) is 19.7 Å². The average molecular weight is 400 g/mol. The number of hydrogen-bond donors (Lipinski definition) is 1. The van der Waals surface area contributed by atoms with Crippen molar-refractivity contribution in [3.05, 3.63) is 79.3 Å². The van der Waals surface area contributed by atoms with E-state index in [1.54, 1.807) is 30.3 Å². The van der Waals surface area contributed by atoms with E-state index in [2.05, 4.69) is 32.2 Å². The predicted molar refractivity (Wildman–Crippen MR) is 117 cm³/mol. The van der Waals surface area contributed by atoms with Crippen LogP contribution in [0.5, 0.6) is 11.5 Å². The maximum Gasteiger partial charge on any atom is 0.168 e. The fourth-order valence-corrected chi connectivity index (χ4v) is 2.84. The first-order chi connectivity index (χ1) is 14.8. The second-order valence-electron chi connectivity index (χ2n) is 6.26. The highest BCUT2D eigenvalue weighted by Gasteiger charge is 2.11. The fourth-order valence-electron chi connectivity index (χ4n) is 2.84. The van der Waals surface area contributed by atoms with Gasteiger partial charge in [0.1, 0.15) is 24.4 Å². The zero-order valence-electron chi connectivity index (χ0n) is 16.4. The Balaban J connectivity index is 1.53. The molecule has 0 aliphatic rings. The molecule has 8 nitrogen and oxygen atoms in total. The number of methoxy groups -OCH3 is 1. The van der Waals surface area contributed by atoms with Gasteiger partial charge in [0.25, 0.3) is 0 Å². The van der Waals surface area contributed by atoms with E-state index < -0.39 is 0 Å². The minimum absolute atomic E-state index is 0.474. The molecule has 0 aliphatic heterocycles. The number of aromatic nitrogens is 4. The monoisotopic (exact) mass is 400 g/mol. The summed E-state index contributed by atoms with van der Waals surface area (Å²) in [7, 11) is 1.63. The molecule has 1 N–H and O–H groups in total.